The summed E-state index contributed by atoms with van der Waals surface area (Å²) in [6, 6.07) is -1.43. The molecule has 84 valence electrons. The fraction of sp³-hybridized carbons (Fsp3) is 0.333. The zero-order valence-electron chi connectivity index (χ0n) is 7.77. The molecule has 0 unspecified atom stereocenters. The fourth-order valence-corrected chi connectivity index (χ4v) is 1.13. The van der Waals surface area contributed by atoms with E-state index in [0.717, 1.165) is 6.92 Å². The smallest absolute Gasteiger partial charge is 0.166 e. The summed E-state index contributed by atoms with van der Waals surface area (Å²) in [5.74, 6) is -6.25. The topological polar surface area (TPSA) is 46.2 Å². The Hall–Kier alpha value is -1.14. The quantitative estimate of drug-likeness (QED) is 0.591. The molecule has 0 fully saturated rings. The lowest BCUT2D eigenvalue weighted by atomic mass is 10.0. The first kappa shape index (κ1) is 11.9. The second-order valence-corrected chi connectivity index (χ2v) is 3.15. The Labute approximate surface area is 83.3 Å². The molecule has 1 rings (SSSR count). The molecule has 0 saturated carbocycles. The molecule has 0 saturated heterocycles. The van der Waals surface area contributed by atoms with Gasteiger partial charge in [-0.15, -0.1) is 0 Å². The Balaban J connectivity index is 3.39. The number of nitrogens with two attached hydrogens (primary N) is 1. The minimum Gasteiger partial charge on any atom is -0.391 e. The van der Waals surface area contributed by atoms with Gasteiger partial charge in [-0.2, -0.15) is 0 Å². The Morgan fingerprint density at radius 1 is 1.13 bits per heavy atom. The second kappa shape index (κ2) is 4.16. The van der Waals surface area contributed by atoms with Gasteiger partial charge >= 0.3 is 0 Å². The monoisotopic (exact) mass is 223 g/mol. The van der Waals surface area contributed by atoms with Gasteiger partial charge in [0.25, 0.3) is 0 Å². The van der Waals surface area contributed by atoms with Crippen LogP contribution in [0, 0.1) is 23.3 Å². The van der Waals surface area contributed by atoms with Gasteiger partial charge in [0.15, 0.2) is 23.3 Å². The largest absolute Gasteiger partial charge is 0.391 e. The number of hydrogen-bond donors (Lipinski definition) is 2. The van der Waals surface area contributed by atoms with Crippen LogP contribution in [0.1, 0.15) is 18.5 Å². The third-order valence-corrected chi connectivity index (χ3v) is 2.00. The average molecular weight is 223 g/mol. The predicted molar refractivity (Wildman–Crippen MR) is 44.9 cm³/mol. The summed E-state index contributed by atoms with van der Waals surface area (Å²) in [5.41, 5.74) is 4.23. The number of hydrogen-bond acceptors (Lipinski definition) is 2. The van der Waals surface area contributed by atoms with Gasteiger partial charge in [0.05, 0.1) is 12.1 Å². The van der Waals surface area contributed by atoms with Crippen molar-refractivity contribution >= 4 is 0 Å². The maximum absolute atomic E-state index is 13.1. The van der Waals surface area contributed by atoms with E-state index in [9.17, 15) is 17.6 Å². The van der Waals surface area contributed by atoms with Crippen LogP contribution in [-0.4, -0.2) is 11.2 Å². The van der Waals surface area contributed by atoms with Gasteiger partial charge in [-0.3, -0.25) is 0 Å². The van der Waals surface area contributed by atoms with Gasteiger partial charge in [-0.1, -0.05) is 0 Å². The molecule has 0 spiro atoms. The lowest BCUT2D eigenvalue weighted by molar-refractivity contribution is 0.159. The molecular formula is C9H9F4NO. The molecule has 0 aliphatic carbocycles. The van der Waals surface area contributed by atoms with Crippen LogP contribution in [0.25, 0.3) is 0 Å². The molecule has 0 aromatic heterocycles. The van der Waals surface area contributed by atoms with Crippen LogP contribution in [0.3, 0.4) is 0 Å². The number of halogens is 4. The number of aliphatic hydroxyl groups is 1. The highest BCUT2D eigenvalue weighted by molar-refractivity contribution is 5.26. The van der Waals surface area contributed by atoms with E-state index in [0.29, 0.717) is 0 Å². The van der Waals surface area contributed by atoms with E-state index in [1.54, 1.807) is 0 Å². The van der Waals surface area contributed by atoms with Crippen molar-refractivity contribution in [3.05, 3.63) is 34.9 Å². The lowest BCUT2D eigenvalue weighted by Crippen LogP contribution is -2.26. The zero-order chi connectivity index (χ0) is 11.7. The van der Waals surface area contributed by atoms with Crippen molar-refractivity contribution in [2.24, 2.45) is 5.73 Å². The molecule has 0 amide bonds. The van der Waals surface area contributed by atoms with Gasteiger partial charge in [-0.05, 0) is 6.92 Å². The average Bonchev–Trinajstić information content (AvgIpc) is 2.15. The first-order valence-electron chi connectivity index (χ1n) is 4.12. The molecule has 0 radical (unpaired) electrons. The molecule has 0 aliphatic rings. The van der Waals surface area contributed by atoms with E-state index in [1.807, 2.05) is 0 Å². The first-order valence-corrected chi connectivity index (χ1v) is 4.12. The van der Waals surface area contributed by atoms with E-state index in [2.05, 4.69) is 0 Å². The lowest BCUT2D eigenvalue weighted by Gasteiger charge is -2.17. The minimum absolute atomic E-state index is 0.0862. The van der Waals surface area contributed by atoms with E-state index < -0.39 is 41.0 Å². The molecule has 1 aromatic carbocycles. The number of rotatable bonds is 2. The van der Waals surface area contributed by atoms with E-state index >= 15 is 0 Å². The Kier molecular flexibility index (Phi) is 3.31. The van der Waals surface area contributed by atoms with E-state index in [-0.39, 0.29) is 6.07 Å². The summed E-state index contributed by atoms with van der Waals surface area (Å²) in [6.07, 6.45) is -1.32. The SMILES string of the molecule is C[C@@H](O)[C@@H](N)c1c(F)c(F)cc(F)c1F. The van der Waals surface area contributed by atoms with Gasteiger partial charge in [0.2, 0.25) is 0 Å². The maximum atomic E-state index is 13.1. The number of aliphatic hydroxyl groups excluding tert-OH is 1. The van der Waals surface area contributed by atoms with Crippen molar-refractivity contribution in [2.75, 3.05) is 0 Å². The Morgan fingerprint density at radius 2 is 1.53 bits per heavy atom. The summed E-state index contributed by atoms with van der Waals surface area (Å²) in [5, 5.41) is 9.00. The third-order valence-electron chi connectivity index (χ3n) is 2.00. The molecule has 0 heterocycles. The van der Waals surface area contributed by atoms with Crippen LogP contribution < -0.4 is 5.73 Å². The van der Waals surface area contributed by atoms with Crippen LogP contribution in [0.5, 0.6) is 0 Å². The van der Waals surface area contributed by atoms with Crippen molar-refractivity contribution in [2.45, 2.75) is 19.1 Å². The standard InChI is InChI=1S/C9H9F4NO/c1-3(15)9(14)6-7(12)4(10)2-5(11)8(6)13/h2-3,9,15H,14H2,1H3/t3-,9-/m1/s1. The predicted octanol–water partition coefficient (Wildman–Crippen LogP) is 1.62. The van der Waals surface area contributed by atoms with Crippen molar-refractivity contribution in [1.82, 2.24) is 0 Å². The van der Waals surface area contributed by atoms with Crippen LogP contribution in [0.2, 0.25) is 0 Å². The van der Waals surface area contributed by atoms with Gasteiger partial charge in [0.1, 0.15) is 0 Å². The molecule has 15 heavy (non-hydrogen) atoms. The van der Waals surface area contributed by atoms with Crippen LogP contribution in [0.15, 0.2) is 6.07 Å². The Morgan fingerprint density at radius 3 is 1.87 bits per heavy atom. The van der Waals surface area contributed by atoms with E-state index in [1.165, 1.54) is 0 Å². The molecule has 2 nitrogen and oxygen atoms in total. The molecular weight excluding hydrogens is 214 g/mol. The highest BCUT2D eigenvalue weighted by atomic mass is 19.2. The Bertz CT molecular complexity index is 355. The summed E-state index contributed by atoms with van der Waals surface area (Å²) in [4.78, 5) is 0. The van der Waals surface area contributed by atoms with Gasteiger partial charge < -0.3 is 10.8 Å². The van der Waals surface area contributed by atoms with Gasteiger partial charge in [-0.25, -0.2) is 17.6 Å². The minimum atomic E-state index is -1.58. The van der Waals surface area contributed by atoms with Crippen molar-refractivity contribution in [1.29, 1.82) is 0 Å². The number of benzene rings is 1. The molecule has 0 bridgehead atoms. The maximum Gasteiger partial charge on any atom is 0.166 e. The van der Waals surface area contributed by atoms with Crippen LogP contribution in [0.4, 0.5) is 17.6 Å². The molecule has 1 aromatic rings. The highest BCUT2D eigenvalue weighted by Gasteiger charge is 2.26. The summed E-state index contributed by atoms with van der Waals surface area (Å²) >= 11 is 0. The third kappa shape index (κ3) is 2.10. The summed E-state index contributed by atoms with van der Waals surface area (Å²) in [7, 11) is 0. The highest BCUT2D eigenvalue weighted by Crippen LogP contribution is 2.25. The van der Waals surface area contributed by atoms with Crippen molar-refractivity contribution < 1.29 is 22.7 Å². The van der Waals surface area contributed by atoms with Crippen LogP contribution >= 0.6 is 0 Å². The fourth-order valence-electron chi connectivity index (χ4n) is 1.13. The van der Waals surface area contributed by atoms with Crippen molar-refractivity contribution in [3.63, 3.8) is 0 Å². The summed E-state index contributed by atoms with van der Waals surface area (Å²) in [6.45, 7) is 1.16. The second-order valence-electron chi connectivity index (χ2n) is 3.15. The molecule has 0 aliphatic heterocycles. The first-order chi connectivity index (χ1) is 6.86. The van der Waals surface area contributed by atoms with Crippen molar-refractivity contribution in [3.8, 4) is 0 Å². The summed E-state index contributed by atoms with van der Waals surface area (Å²) < 4.78 is 51.6. The van der Waals surface area contributed by atoms with Gasteiger partial charge in [0, 0.05) is 11.6 Å². The molecule has 6 heteroatoms. The van der Waals surface area contributed by atoms with Crippen LogP contribution in [-0.2, 0) is 0 Å². The van der Waals surface area contributed by atoms with E-state index in [4.69, 9.17) is 10.8 Å². The molecule has 3 N–H and O–H groups in total. The normalized spacial score (nSPS) is 15.1. The zero-order valence-corrected chi connectivity index (χ0v) is 7.77. The molecule has 2 atom stereocenters.